The van der Waals surface area contributed by atoms with Gasteiger partial charge in [0.25, 0.3) is 7.82 Å². The highest BCUT2D eigenvalue weighted by atomic mass is 31.2. The molecule has 0 aromatic carbocycles. The van der Waals surface area contributed by atoms with Crippen LogP contribution in [0.25, 0.3) is 0 Å². The number of nitrogens with zero attached hydrogens (tertiary/aromatic N) is 1. The molecule has 0 radical (unpaired) electrons. The number of likely N-dealkylation sites (N-methyl/N-ethyl adjacent to an activating group) is 1. The van der Waals surface area contributed by atoms with Crippen molar-refractivity contribution >= 4 is 19.8 Å². The number of phosphoric ester groups is 1. The summed E-state index contributed by atoms with van der Waals surface area (Å²) >= 11 is 0. The van der Waals surface area contributed by atoms with E-state index in [-0.39, 0.29) is 32.0 Å². The van der Waals surface area contributed by atoms with Crippen LogP contribution in [0.4, 0.5) is 0 Å². The lowest BCUT2D eigenvalue weighted by Crippen LogP contribution is -2.37. The minimum Gasteiger partial charge on any atom is -0.756 e. The molecule has 0 spiro atoms. The number of phosphoric acid groups is 1. The van der Waals surface area contributed by atoms with Gasteiger partial charge in [0.05, 0.1) is 27.7 Å². The second-order valence-electron chi connectivity index (χ2n) is 20.3. The van der Waals surface area contributed by atoms with Crippen molar-refractivity contribution in [3.05, 3.63) is 24.3 Å². The average Bonchev–Trinajstić information content (AvgIpc) is 3.27. The summed E-state index contributed by atoms with van der Waals surface area (Å²) < 4.78 is 34.1. The first-order chi connectivity index (χ1) is 32.0. The fraction of sp³-hybridized carbons (Fsp3) is 0.893. The summed E-state index contributed by atoms with van der Waals surface area (Å²) in [6.07, 6.45) is 56.5. The van der Waals surface area contributed by atoms with Gasteiger partial charge in [0.2, 0.25) is 0 Å². The van der Waals surface area contributed by atoms with Gasteiger partial charge in [-0.1, -0.05) is 237 Å². The molecule has 0 aliphatic carbocycles. The number of rotatable bonds is 52. The number of unbranched alkanes of at least 4 members (excludes halogenated alkanes) is 34. The van der Waals surface area contributed by atoms with E-state index in [4.69, 9.17) is 18.5 Å². The zero-order chi connectivity index (χ0) is 48.5. The molecular formula is C56H108NO8P. The SMILES string of the molecule is CCCCCC/C=C\C/C=C\CCCCCCCC(=O)OC(COC(=O)CCCCCCCCCCCCCCCCCCCCCCCCCCCC)COP(=O)([O-])OCC[N+](C)(C)C. The number of hydrogen-bond acceptors (Lipinski definition) is 8. The summed E-state index contributed by atoms with van der Waals surface area (Å²) in [5.74, 6) is -0.836. The summed E-state index contributed by atoms with van der Waals surface area (Å²) in [6.45, 7) is 4.24. The second kappa shape index (κ2) is 48.5. The van der Waals surface area contributed by atoms with Crippen molar-refractivity contribution < 1.29 is 42.1 Å². The van der Waals surface area contributed by atoms with E-state index in [1.807, 2.05) is 21.1 Å². The van der Waals surface area contributed by atoms with Gasteiger partial charge in [-0.2, -0.15) is 0 Å². The van der Waals surface area contributed by atoms with E-state index in [0.29, 0.717) is 17.4 Å². The third-order valence-electron chi connectivity index (χ3n) is 12.5. The summed E-state index contributed by atoms with van der Waals surface area (Å²) in [5.41, 5.74) is 0. The number of hydrogen-bond donors (Lipinski definition) is 0. The fourth-order valence-electron chi connectivity index (χ4n) is 8.10. The van der Waals surface area contributed by atoms with Crippen molar-refractivity contribution in [2.45, 2.75) is 277 Å². The molecule has 0 aromatic rings. The molecule has 0 saturated carbocycles. The van der Waals surface area contributed by atoms with Gasteiger partial charge < -0.3 is 27.9 Å². The molecule has 2 atom stereocenters. The lowest BCUT2D eigenvalue weighted by molar-refractivity contribution is -0.870. The van der Waals surface area contributed by atoms with E-state index >= 15 is 0 Å². The molecule has 0 aliphatic heterocycles. The lowest BCUT2D eigenvalue weighted by atomic mass is 10.0. The Hall–Kier alpha value is -1.51. The number of ether oxygens (including phenoxy) is 2. The van der Waals surface area contributed by atoms with Crippen LogP contribution >= 0.6 is 7.82 Å². The Morgan fingerprint density at radius 2 is 0.818 bits per heavy atom. The number of carbonyl (C=O) groups is 2. The topological polar surface area (TPSA) is 111 Å². The molecule has 0 saturated heterocycles. The largest absolute Gasteiger partial charge is 0.756 e. The quantitative estimate of drug-likeness (QED) is 0.0195. The van der Waals surface area contributed by atoms with Crippen molar-refractivity contribution in [3.63, 3.8) is 0 Å². The summed E-state index contributed by atoms with van der Waals surface area (Å²) in [7, 11) is 1.17. The van der Waals surface area contributed by atoms with Gasteiger partial charge in [-0.15, -0.1) is 0 Å². The number of carbonyl (C=O) groups excluding carboxylic acids is 2. The van der Waals surface area contributed by atoms with Gasteiger partial charge in [0.1, 0.15) is 19.8 Å². The smallest absolute Gasteiger partial charge is 0.306 e. The fourth-order valence-corrected chi connectivity index (χ4v) is 8.83. The average molecular weight is 954 g/mol. The molecule has 10 heteroatoms. The first-order valence-corrected chi connectivity index (χ1v) is 29.5. The van der Waals surface area contributed by atoms with Gasteiger partial charge in [-0.3, -0.25) is 14.2 Å². The molecular weight excluding hydrogens is 846 g/mol. The molecule has 9 nitrogen and oxygen atoms in total. The highest BCUT2D eigenvalue weighted by molar-refractivity contribution is 7.45. The summed E-state index contributed by atoms with van der Waals surface area (Å²) in [4.78, 5) is 37.8. The van der Waals surface area contributed by atoms with Crippen LogP contribution in [0, 0.1) is 0 Å². The Morgan fingerprint density at radius 3 is 1.21 bits per heavy atom. The molecule has 390 valence electrons. The zero-order valence-electron chi connectivity index (χ0n) is 44.2. The maximum atomic E-state index is 12.7. The van der Waals surface area contributed by atoms with Crippen LogP contribution < -0.4 is 4.89 Å². The molecule has 0 heterocycles. The van der Waals surface area contributed by atoms with Crippen LogP contribution in [0.5, 0.6) is 0 Å². The van der Waals surface area contributed by atoms with Crippen molar-refractivity contribution in [3.8, 4) is 0 Å². The first kappa shape index (κ1) is 64.5. The van der Waals surface area contributed by atoms with E-state index < -0.39 is 26.5 Å². The minimum atomic E-state index is -4.63. The molecule has 66 heavy (non-hydrogen) atoms. The maximum Gasteiger partial charge on any atom is 0.306 e. The molecule has 0 aliphatic rings. The molecule has 0 aromatic heterocycles. The summed E-state index contributed by atoms with van der Waals surface area (Å²) in [5, 5.41) is 0. The monoisotopic (exact) mass is 954 g/mol. The maximum absolute atomic E-state index is 12.7. The van der Waals surface area contributed by atoms with Crippen LogP contribution in [-0.4, -0.2) is 70.0 Å². The molecule has 0 N–H and O–H groups in total. The summed E-state index contributed by atoms with van der Waals surface area (Å²) in [6, 6.07) is 0. The molecule has 2 unspecified atom stereocenters. The third kappa shape index (κ3) is 51.9. The molecule has 0 rings (SSSR count). The van der Waals surface area contributed by atoms with Crippen LogP contribution in [0.3, 0.4) is 0 Å². The Kier molecular flexibility index (Phi) is 47.4. The molecule has 0 bridgehead atoms. The van der Waals surface area contributed by atoms with Gasteiger partial charge in [0, 0.05) is 12.8 Å². The lowest BCUT2D eigenvalue weighted by Gasteiger charge is -2.28. The normalized spacial score (nSPS) is 13.5. The highest BCUT2D eigenvalue weighted by Crippen LogP contribution is 2.38. The Morgan fingerprint density at radius 1 is 0.470 bits per heavy atom. The van der Waals surface area contributed by atoms with Crippen molar-refractivity contribution in [2.75, 3.05) is 47.5 Å². The van der Waals surface area contributed by atoms with Crippen molar-refractivity contribution in [1.29, 1.82) is 0 Å². The van der Waals surface area contributed by atoms with E-state index in [2.05, 4.69) is 38.2 Å². The highest BCUT2D eigenvalue weighted by Gasteiger charge is 2.21. The van der Waals surface area contributed by atoms with Gasteiger partial charge >= 0.3 is 11.9 Å². The predicted octanol–water partition coefficient (Wildman–Crippen LogP) is 16.4. The van der Waals surface area contributed by atoms with Crippen LogP contribution in [0.15, 0.2) is 24.3 Å². The van der Waals surface area contributed by atoms with Crippen molar-refractivity contribution in [1.82, 2.24) is 0 Å². The Bertz CT molecular complexity index is 1170. The van der Waals surface area contributed by atoms with Gasteiger partial charge in [-0.05, 0) is 44.9 Å². The van der Waals surface area contributed by atoms with Crippen LogP contribution in [0.2, 0.25) is 0 Å². The van der Waals surface area contributed by atoms with E-state index in [1.165, 1.54) is 180 Å². The van der Waals surface area contributed by atoms with E-state index in [1.54, 1.807) is 0 Å². The van der Waals surface area contributed by atoms with E-state index in [0.717, 1.165) is 57.8 Å². The van der Waals surface area contributed by atoms with Gasteiger partial charge in [-0.25, -0.2) is 0 Å². The third-order valence-corrected chi connectivity index (χ3v) is 13.4. The molecule has 0 fully saturated rings. The molecule has 0 amide bonds. The standard InChI is InChI=1S/C56H108NO8P/c1-6-8-10-12-14-16-18-20-22-24-25-26-27-28-29-30-31-32-33-35-36-38-40-42-44-46-48-55(58)62-52-54(53-64-66(60,61)63-51-50-57(3,4)5)65-56(59)49-47-45-43-41-39-37-34-23-21-19-17-15-13-11-9-7-2/h17,19,23,34,54H,6-16,18,20-22,24-33,35-53H2,1-5H3/b19-17-,34-23-. The number of allylic oxidation sites excluding steroid dienone is 4. The Balaban J connectivity index is 4.11. The minimum absolute atomic E-state index is 0.0315. The Labute approximate surface area is 409 Å². The van der Waals surface area contributed by atoms with Gasteiger partial charge in [0.15, 0.2) is 6.10 Å². The second-order valence-corrected chi connectivity index (χ2v) is 21.7. The zero-order valence-corrected chi connectivity index (χ0v) is 45.1. The van der Waals surface area contributed by atoms with Crippen LogP contribution in [-0.2, 0) is 32.7 Å². The predicted molar refractivity (Wildman–Crippen MR) is 278 cm³/mol. The van der Waals surface area contributed by atoms with E-state index in [9.17, 15) is 19.0 Å². The van der Waals surface area contributed by atoms with Crippen LogP contribution in [0.1, 0.15) is 271 Å². The van der Waals surface area contributed by atoms with Crippen molar-refractivity contribution in [2.24, 2.45) is 0 Å². The number of quaternary nitrogens is 1. The first-order valence-electron chi connectivity index (χ1n) is 28.0. The number of esters is 2.